The monoisotopic (exact) mass is 679 g/mol. The molecular weight excluding hydrogens is 634 g/mol. The van der Waals surface area contributed by atoms with Crippen LogP contribution in [0.25, 0.3) is 0 Å². The Kier molecular flexibility index (Phi) is 12.6. The molecule has 48 heavy (non-hydrogen) atoms. The molecule has 5 N–H and O–H groups in total. The fraction of sp³-hybridized carbons (Fsp3) is 0.500. The molecule has 6 atom stereocenters. The van der Waals surface area contributed by atoms with Gasteiger partial charge in [-0.2, -0.15) is 11.8 Å². The Balaban J connectivity index is 1.67. The van der Waals surface area contributed by atoms with Crippen LogP contribution in [0.1, 0.15) is 67.6 Å². The normalized spacial score (nSPS) is 25.9. The van der Waals surface area contributed by atoms with Crippen molar-refractivity contribution in [2.24, 2.45) is 5.92 Å². The Labute approximate surface area is 285 Å². The van der Waals surface area contributed by atoms with Crippen molar-refractivity contribution in [2.75, 3.05) is 18.6 Å². The maximum atomic E-state index is 14.2. The van der Waals surface area contributed by atoms with Gasteiger partial charge in [0.05, 0.1) is 18.0 Å². The molecule has 1 aromatic carbocycles. The highest BCUT2D eigenvalue weighted by atomic mass is 32.2. The molecular formula is C34H45N7O6S. The molecule has 0 spiro atoms. The zero-order valence-electron chi connectivity index (χ0n) is 27.9. The van der Waals surface area contributed by atoms with Crippen molar-refractivity contribution in [3.05, 3.63) is 65.5 Å². The van der Waals surface area contributed by atoms with Gasteiger partial charge >= 0.3 is 0 Å². The SMILES string of the molecule is CSCC[C@@H]1NC(=O)C[C@@H](c2ccccc2)NC(=O)[C@H](C)NC(=O)[C@@H]2C[C@H](NC(=O)c3cncc(C)c3)CN2C(=O)[C@H](C(C)C)NC1=O. The van der Waals surface area contributed by atoms with Crippen LogP contribution in [0.4, 0.5) is 0 Å². The number of amides is 6. The molecule has 0 aliphatic carbocycles. The quantitative estimate of drug-likeness (QED) is 0.290. The van der Waals surface area contributed by atoms with Gasteiger partial charge in [0.2, 0.25) is 29.5 Å². The molecule has 2 aromatic rings. The van der Waals surface area contributed by atoms with E-state index in [1.54, 1.807) is 50.4 Å². The van der Waals surface area contributed by atoms with E-state index < -0.39 is 71.7 Å². The van der Waals surface area contributed by atoms with Gasteiger partial charge in [0.1, 0.15) is 24.2 Å². The summed E-state index contributed by atoms with van der Waals surface area (Å²) in [7, 11) is 0. The van der Waals surface area contributed by atoms with Crippen LogP contribution in [-0.4, -0.2) is 94.1 Å². The van der Waals surface area contributed by atoms with Crippen LogP contribution < -0.4 is 26.6 Å². The number of benzene rings is 1. The molecule has 2 aliphatic heterocycles. The minimum Gasteiger partial charge on any atom is -0.347 e. The second kappa shape index (κ2) is 16.6. The summed E-state index contributed by atoms with van der Waals surface area (Å²) in [5.41, 5.74) is 1.83. The molecule has 0 radical (unpaired) electrons. The number of rotatable bonds is 7. The Morgan fingerprint density at radius 3 is 2.40 bits per heavy atom. The number of fused-ring (bicyclic) bond motifs is 1. The number of nitrogens with one attached hydrogen (secondary N) is 5. The van der Waals surface area contributed by atoms with E-state index in [2.05, 4.69) is 31.6 Å². The Morgan fingerprint density at radius 2 is 1.73 bits per heavy atom. The summed E-state index contributed by atoms with van der Waals surface area (Å²) in [6.07, 6.45) is 5.21. The number of pyridine rings is 1. The number of aromatic nitrogens is 1. The van der Waals surface area contributed by atoms with Crippen molar-refractivity contribution >= 4 is 47.2 Å². The van der Waals surface area contributed by atoms with E-state index in [9.17, 15) is 28.8 Å². The van der Waals surface area contributed by atoms with Gasteiger partial charge < -0.3 is 31.5 Å². The molecule has 258 valence electrons. The molecule has 3 heterocycles. The van der Waals surface area contributed by atoms with E-state index in [0.717, 1.165) is 5.56 Å². The number of aryl methyl sites for hydroxylation is 1. The predicted molar refractivity (Wildman–Crippen MR) is 182 cm³/mol. The van der Waals surface area contributed by atoms with Crippen molar-refractivity contribution in [1.82, 2.24) is 36.5 Å². The molecule has 0 unspecified atom stereocenters. The van der Waals surface area contributed by atoms with Crippen LogP contribution in [0.3, 0.4) is 0 Å². The lowest BCUT2D eigenvalue weighted by Gasteiger charge is -2.32. The average Bonchev–Trinajstić information content (AvgIpc) is 3.48. The van der Waals surface area contributed by atoms with Crippen LogP contribution in [0.15, 0.2) is 48.8 Å². The van der Waals surface area contributed by atoms with Gasteiger partial charge in [0, 0.05) is 25.0 Å². The maximum Gasteiger partial charge on any atom is 0.253 e. The molecule has 2 fully saturated rings. The fourth-order valence-electron chi connectivity index (χ4n) is 5.88. The second-order valence-corrected chi connectivity index (χ2v) is 13.7. The summed E-state index contributed by atoms with van der Waals surface area (Å²) in [4.78, 5) is 87.0. The second-order valence-electron chi connectivity index (χ2n) is 12.7. The first kappa shape index (κ1) is 36.4. The van der Waals surface area contributed by atoms with E-state index in [0.29, 0.717) is 23.3 Å². The number of thioether (sulfide) groups is 1. The summed E-state index contributed by atoms with van der Waals surface area (Å²) < 4.78 is 0. The third-order valence-electron chi connectivity index (χ3n) is 8.51. The number of carbonyl (C=O) groups is 6. The average molecular weight is 680 g/mol. The van der Waals surface area contributed by atoms with Gasteiger partial charge in [-0.05, 0) is 61.8 Å². The summed E-state index contributed by atoms with van der Waals surface area (Å²) in [6.45, 7) is 6.91. The van der Waals surface area contributed by atoms with Crippen LogP contribution in [-0.2, 0) is 24.0 Å². The standard InChI is InChI=1S/C34H45N7O6S/c1-19(2)29-34(47)41-18-24(37-31(44)23-13-20(3)16-35-17-23)14-27(41)33(46)36-21(4)30(43)39-26(22-9-7-6-8-10-22)15-28(42)38-25(11-12-48-5)32(45)40-29/h6-10,13,16-17,19,21,24-27,29H,11-12,14-15,18H2,1-5H3,(H,36,46)(H,37,44)(H,38,42)(H,39,43)(H,40,45)/t21-,24-,25-,26-,27-,29-/m0/s1. The van der Waals surface area contributed by atoms with E-state index in [-0.39, 0.29) is 25.3 Å². The molecule has 13 nitrogen and oxygen atoms in total. The molecule has 0 saturated carbocycles. The van der Waals surface area contributed by atoms with Crippen LogP contribution >= 0.6 is 11.8 Å². The van der Waals surface area contributed by atoms with E-state index in [1.165, 1.54) is 29.8 Å². The van der Waals surface area contributed by atoms with Gasteiger partial charge in [0.25, 0.3) is 5.91 Å². The fourth-order valence-corrected chi connectivity index (χ4v) is 6.35. The van der Waals surface area contributed by atoms with Crippen molar-refractivity contribution in [1.29, 1.82) is 0 Å². The van der Waals surface area contributed by atoms with Gasteiger partial charge in [-0.25, -0.2) is 0 Å². The molecule has 4 rings (SSSR count). The Bertz CT molecular complexity index is 1510. The molecule has 2 aliphatic rings. The molecule has 0 bridgehead atoms. The third-order valence-corrected chi connectivity index (χ3v) is 9.16. The zero-order valence-corrected chi connectivity index (χ0v) is 28.8. The summed E-state index contributed by atoms with van der Waals surface area (Å²) in [5.74, 6) is -2.79. The van der Waals surface area contributed by atoms with Crippen molar-refractivity contribution in [3.8, 4) is 0 Å². The smallest absolute Gasteiger partial charge is 0.253 e. The van der Waals surface area contributed by atoms with Gasteiger partial charge in [-0.3, -0.25) is 33.8 Å². The number of carbonyl (C=O) groups excluding carboxylic acids is 6. The van der Waals surface area contributed by atoms with Crippen molar-refractivity contribution < 1.29 is 28.8 Å². The highest BCUT2D eigenvalue weighted by Crippen LogP contribution is 2.23. The largest absolute Gasteiger partial charge is 0.347 e. The first-order valence-corrected chi connectivity index (χ1v) is 17.5. The summed E-state index contributed by atoms with van der Waals surface area (Å²) >= 11 is 1.51. The number of hydrogen-bond donors (Lipinski definition) is 5. The van der Waals surface area contributed by atoms with E-state index >= 15 is 0 Å². The minimum absolute atomic E-state index is 0.00426. The summed E-state index contributed by atoms with van der Waals surface area (Å²) in [5, 5.41) is 14.2. The lowest BCUT2D eigenvalue weighted by atomic mass is 10.0. The lowest BCUT2D eigenvalue weighted by molar-refractivity contribution is -0.143. The summed E-state index contributed by atoms with van der Waals surface area (Å²) in [6, 6.07) is 5.33. The molecule has 6 amide bonds. The molecule has 14 heteroatoms. The molecule has 2 saturated heterocycles. The first-order chi connectivity index (χ1) is 22.9. The van der Waals surface area contributed by atoms with Gasteiger partial charge in [-0.15, -0.1) is 0 Å². The van der Waals surface area contributed by atoms with Gasteiger partial charge in [-0.1, -0.05) is 44.2 Å². The highest BCUT2D eigenvalue weighted by Gasteiger charge is 2.44. The first-order valence-electron chi connectivity index (χ1n) is 16.1. The minimum atomic E-state index is -1.03. The Hall–Kier alpha value is -4.46. The van der Waals surface area contributed by atoms with Crippen LogP contribution in [0.2, 0.25) is 0 Å². The predicted octanol–water partition coefficient (Wildman–Crippen LogP) is 1.23. The maximum absolute atomic E-state index is 14.2. The van der Waals surface area contributed by atoms with Crippen molar-refractivity contribution in [3.63, 3.8) is 0 Å². The zero-order chi connectivity index (χ0) is 35.0. The third kappa shape index (κ3) is 9.33. The number of nitrogens with zero attached hydrogens (tertiary/aromatic N) is 2. The van der Waals surface area contributed by atoms with E-state index in [4.69, 9.17) is 0 Å². The highest BCUT2D eigenvalue weighted by molar-refractivity contribution is 7.98. The topological polar surface area (TPSA) is 179 Å². The Morgan fingerprint density at radius 1 is 1.00 bits per heavy atom. The van der Waals surface area contributed by atoms with Crippen molar-refractivity contribution in [2.45, 2.75) is 83.2 Å². The van der Waals surface area contributed by atoms with Crippen LogP contribution in [0, 0.1) is 12.8 Å². The lowest BCUT2D eigenvalue weighted by Crippen LogP contribution is -2.59. The number of hydrogen-bond acceptors (Lipinski definition) is 8. The van der Waals surface area contributed by atoms with E-state index in [1.807, 2.05) is 19.2 Å². The van der Waals surface area contributed by atoms with Gasteiger partial charge in [0.15, 0.2) is 0 Å². The van der Waals surface area contributed by atoms with Crippen LogP contribution in [0.5, 0.6) is 0 Å². The molecule has 1 aromatic heterocycles.